The highest BCUT2D eigenvalue weighted by atomic mass is 16.8. The number of carbonyl (C=O) groups excluding carboxylic acids is 5. The van der Waals surface area contributed by atoms with E-state index in [0.717, 1.165) is 25.7 Å². The highest BCUT2D eigenvalue weighted by Crippen LogP contribution is 2.23. The molecule has 4 amide bonds. The lowest BCUT2D eigenvalue weighted by atomic mass is 10.1. The molecule has 5 rings (SSSR count). The van der Waals surface area contributed by atoms with Gasteiger partial charge in [-0.2, -0.15) is 5.10 Å². The Morgan fingerprint density at radius 1 is 0.961 bits per heavy atom. The molecule has 3 heterocycles. The molecule has 17 heteroatoms. The fraction of sp³-hybridized carbons (Fsp3) is 0.559. The summed E-state index contributed by atoms with van der Waals surface area (Å²) in [5.41, 5.74) is 0.410. The van der Waals surface area contributed by atoms with Crippen molar-refractivity contribution >= 4 is 35.8 Å². The number of hydrogen-bond donors (Lipinski definition) is 3. The van der Waals surface area contributed by atoms with Crippen molar-refractivity contribution in [3.63, 3.8) is 0 Å². The molecular formula is C34H45N7O10. The van der Waals surface area contributed by atoms with Crippen LogP contribution in [0.3, 0.4) is 0 Å². The molecule has 2 saturated heterocycles. The van der Waals surface area contributed by atoms with Gasteiger partial charge in [0.1, 0.15) is 12.1 Å². The van der Waals surface area contributed by atoms with Crippen molar-refractivity contribution in [2.75, 3.05) is 45.9 Å². The summed E-state index contributed by atoms with van der Waals surface area (Å²) >= 11 is 0. The van der Waals surface area contributed by atoms with Gasteiger partial charge < -0.3 is 39.9 Å². The van der Waals surface area contributed by atoms with Crippen LogP contribution in [0.1, 0.15) is 68.8 Å². The first-order valence-corrected chi connectivity index (χ1v) is 17.4. The number of likely N-dealkylation sites (tertiary alicyclic amines) is 1. The maximum Gasteiger partial charge on any atom is 0.527 e. The van der Waals surface area contributed by atoms with E-state index in [1.54, 1.807) is 37.3 Å². The molecule has 1 aromatic carbocycles. The summed E-state index contributed by atoms with van der Waals surface area (Å²) in [5, 5.41) is 20.8. The van der Waals surface area contributed by atoms with Gasteiger partial charge in [-0.25, -0.2) is 9.48 Å². The highest BCUT2D eigenvalue weighted by molar-refractivity contribution is 5.96. The first-order valence-electron chi connectivity index (χ1n) is 17.4. The van der Waals surface area contributed by atoms with E-state index in [1.807, 2.05) is 0 Å². The van der Waals surface area contributed by atoms with Crippen molar-refractivity contribution in [1.82, 2.24) is 35.3 Å². The van der Waals surface area contributed by atoms with Gasteiger partial charge in [0.25, 0.3) is 11.8 Å². The van der Waals surface area contributed by atoms with Crippen LogP contribution in [0.2, 0.25) is 0 Å². The third kappa shape index (κ3) is 9.96. The predicted molar refractivity (Wildman–Crippen MR) is 179 cm³/mol. The van der Waals surface area contributed by atoms with E-state index >= 15 is 0 Å². The van der Waals surface area contributed by atoms with E-state index in [4.69, 9.17) is 14.3 Å². The molecule has 0 bridgehead atoms. The first kappa shape index (κ1) is 37.1. The van der Waals surface area contributed by atoms with Crippen molar-refractivity contribution in [1.29, 1.82) is 0 Å². The average Bonchev–Trinajstić information content (AvgIpc) is 3.91. The Labute approximate surface area is 295 Å². The number of nitrogens with zero attached hydrogens (tertiary/aromatic N) is 5. The number of nitrogens with one attached hydrogen (secondary N) is 2. The van der Waals surface area contributed by atoms with Crippen LogP contribution in [0.4, 0.5) is 4.79 Å². The van der Waals surface area contributed by atoms with E-state index in [9.17, 15) is 33.9 Å². The van der Waals surface area contributed by atoms with Gasteiger partial charge in [-0.15, -0.1) is 5.06 Å². The Morgan fingerprint density at radius 2 is 1.69 bits per heavy atom. The quantitative estimate of drug-likeness (QED) is 0.239. The van der Waals surface area contributed by atoms with Gasteiger partial charge in [0, 0.05) is 38.2 Å². The normalized spacial score (nSPS) is 18.6. The Kier molecular flexibility index (Phi) is 12.8. The molecule has 51 heavy (non-hydrogen) atoms. The molecule has 0 radical (unpaired) electrons. The average molecular weight is 712 g/mol. The van der Waals surface area contributed by atoms with Crippen LogP contribution < -0.4 is 15.4 Å². The van der Waals surface area contributed by atoms with E-state index in [2.05, 4.69) is 15.7 Å². The van der Waals surface area contributed by atoms with Crippen LogP contribution in [0.15, 0.2) is 36.4 Å². The Balaban J connectivity index is 1.26. The zero-order chi connectivity index (χ0) is 36.3. The zero-order valence-electron chi connectivity index (χ0n) is 28.7. The van der Waals surface area contributed by atoms with E-state index in [-0.39, 0.29) is 75.1 Å². The van der Waals surface area contributed by atoms with Crippen molar-refractivity contribution in [3.8, 4) is 11.6 Å². The number of hydroxylamine groups is 2. The van der Waals surface area contributed by atoms with Crippen LogP contribution in [0, 0.1) is 0 Å². The highest BCUT2D eigenvalue weighted by Gasteiger charge is 2.36. The second kappa shape index (κ2) is 17.6. The standard InChI is InChI=1S/C34H45N7O10/c1-2-49-34(48)51-39-19-17-38(18-20-39)33(47)25(14-15-30(43)44)36-31(45)26-21-29(41(37-26)24-11-4-3-5-12-24)50-22-28(42)40-16-8-13-27(40)32(46)35-23-9-6-7-10-23/h3-5,11-12,21,23,25,27H,2,6-10,13-20,22H2,1H3,(H,35,46)(H,36,45)(H,43,44)/t25-,27-/m0/s1. The van der Waals surface area contributed by atoms with E-state index in [1.165, 1.54) is 25.6 Å². The molecule has 17 nitrogen and oxygen atoms in total. The molecule has 3 aliphatic rings. The zero-order valence-corrected chi connectivity index (χ0v) is 28.7. The monoisotopic (exact) mass is 711 g/mol. The Hall–Kier alpha value is -5.19. The first-order chi connectivity index (χ1) is 24.6. The fourth-order valence-electron chi connectivity index (χ4n) is 6.48. The lowest BCUT2D eigenvalue weighted by Gasteiger charge is -2.35. The second-order valence-electron chi connectivity index (χ2n) is 12.6. The summed E-state index contributed by atoms with van der Waals surface area (Å²) in [6.45, 7) is 2.52. The number of aliphatic carboxylic acids is 1. The Bertz CT molecular complexity index is 1550. The smallest absolute Gasteiger partial charge is 0.481 e. The van der Waals surface area contributed by atoms with E-state index in [0.29, 0.717) is 25.1 Å². The number of amides is 4. The summed E-state index contributed by atoms with van der Waals surface area (Å²) in [6, 6.07) is 8.51. The molecule has 2 aliphatic heterocycles. The summed E-state index contributed by atoms with van der Waals surface area (Å²) in [4.78, 5) is 84.6. The summed E-state index contributed by atoms with van der Waals surface area (Å²) in [7, 11) is 0. The molecule has 1 aliphatic carbocycles. The number of carbonyl (C=O) groups is 6. The van der Waals surface area contributed by atoms with Crippen LogP contribution in [0.25, 0.3) is 5.69 Å². The largest absolute Gasteiger partial charge is 0.527 e. The van der Waals surface area contributed by atoms with Gasteiger partial charge >= 0.3 is 12.1 Å². The van der Waals surface area contributed by atoms with Crippen LogP contribution >= 0.6 is 0 Å². The molecule has 2 aromatic rings. The lowest BCUT2D eigenvalue weighted by molar-refractivity contribution is -0.157. The number of para-hydroxylation sites is 1. The molecule has 2 atom stereocenters. The molecule has 0 unspecified atom stereocenters. The van der Waals surface area contributed by atoms with Crippen molar-refractivity contribution in [3.05, 3.63) is 42.1 Å². The molecule has 276 valence electrons. The lowest BCUT2D eigenvalue weighted by Crippen LogP contribution is -2.55. The van der Waals surface area contributed by atoms with Crippen LogP contribution in [-0.2, 0) is 28.8 Å². The minimum absolute atomic E-state index is 0.0805. The van der Waals surface area contributed by atoms with Gasteiger partial charge in [0.2, 0.25) is 17.7 Å². The van der Waals surface area contributed by atoms with Gasteiger partial charge in [-0.1, -0.05) is 31.0 Å². The van der Waals surface area contributed by atoms with Crippen LogP contribution in [-0.4, -0.2) is 130 Å². The summed E-state index contributed by atoms with van der Waals surface area (Å²) < 4.78 is 12.1. The van der Waals surface area contributed by atoms with Gasteiger partial charge in [-0.05, 0) is 51.2 Å². The minimum atomic E-state index is -1.19. The Morgan fingerprint density at radius 3 is 2.37 bits per heavy atom. The maximum absolute atomic E-state index is 13.6. The number of piperazine rings is 1. The number of benzene rings is 1. The number of aromatic nitrogens is 2. The summed E-state index contributed by atoms with van der Waals surface area (Å²) in [5.74, 6) is -2.84. The number of hydrogen-bond acceptors (Lipinski definition) is 11. The third-order valence-electron chi connectivity index (χ3n) is 9.10. The number of ether oxygens (including phenoxy) is 2. The van der Waals surface area contributed by atoms with Gasteiger partial charge in [0.15, 0.2) is 12.3 Å². The van der Waals surface area contributed by atoms with Crippen LogP contribution in [0.5, 0.6) is 5.88 Å². The minimum Gasteiger partial charge on any atom is -0.481 e. The van der Waals surface area contributed by atoms with Crippen molar-refractivity contribution < 1.29 is 48.2 Å². The predicted octanol–water partition coefficient (Wildman–Crippen LogP) is 1.50. The third-order valence-corrected chi connectivity index (χ3v) is 9.10. The molecule has 3 fully saturated rings. The van der Waals surface area contributed by atoms with E-state index < -0.39 is 42.6 Å². The molecule has 1 saturated carbocycles. The molecule has 0 spiro atoms. The van der Waals surface area contributed by atoms with Gasteiger partial charge in [0.05, 0.1) is 25.4 Å². The topological polar surface area (TPSA) is 202 Å². The number of rotatable bonds is 14. The summed E-state index contributed by atoms with van der Waals surface area (Å²) in [6.07, 6.45) is 3.88. The number of carboxylic acids is 1. The fourth-order valence-corrected chi connectivity index (χ4v) is 6.48. The molecular weight excluding hydrogens is 666 g/mol. The number of carboxylic acid groups (broad SMARTS) is 1. The molecule has 1 aromatic heterocycles. The van der Waals surface area contributed by atoms with Crippen molar-refractivity contribution in [2.24, 2.45) is 0 Å². The van der Waals surface area contributed by atoms with Crippen molar-refractivity contribution in [2.45, 2.75) is 76.4 Å². The maximum atomic E-state index is 13.6. The SMILES string of the molecule is CCOC(=O)ON1CCN(C(=O)[C@H](CCC(=O)O)NC(=O)c2cc(OCC(=O)N3CCC[C@H]3C(=O)NC3CCCC3)n(-c3ccccc3)n2)CC1. The van der Waals surface area contributed by atoms with Gasteiger partial charge in [-0.3, -0.25) is 24.0 Å². The molecule has 3 N–H and O–H groups in total. The second-order valence-corrected chi connectivity index (χ2v) is 12.6.